The van der Waals surface area contributed by atoms with E-state index in [-0.39, 0.29) is 0 Å². The summed E-state index contributed by atoms with van der Waals surface area (Å²) >= 11 is 6.06. The molecule has 0 spiro atoms. The average molecular weight is 269 g/mol. The van der Waals surface area contributed by atoms with Crippen molar-refractivity contribution in [3.8, 4) is 5.75 Å². The molecule has 18 heavy (non-hydrogen) atoms. The van der Waals surface area contributed by atoms with E-state index in [0.29, 0.717) is 12.6 Å². The fourth-order valence-electron chi connectivity index (χ4n) is 2.44. The van der Waals surface area contributed by atoms with Gasteiger partial charge in [0.1, 0.15) is 5.75 Å². The van der Waals surface area contributed by atoms with Crippen LogP contribution in [-0.4, -0.2) is 30.6 Å². The fraction of sp³-hybridized carbons (Fsp3) is 0.571. The van der Waals surface area contributed by atoms with E-state index in [1.165, 1.54) is 6.42 Å². The van der Waals surface area contributed by atoms with Crippen molar-refractivity contribution in [1.29, 1.82) is 0 Å². The highest BCUT2D eigenvalue weighted by Gasteiger charge is 2.18. The molecule has 0 bridgehead atoms. The third-order valence-corrected chi connectivity index (χ3v) is 3.49. The van der Waals surface area contributed by atoms with Gasteiger partial charge in [-0.3, -0.25) is 4.90 Å². The van der Waals surface area contributed by atoms with Gasteiger partial charge < -0.3 is 10.5 Å². The van der Waals surface area contributed by atoms with E-state index in [2.05, 4.69) is 4.90 Å². The number of benzene rings is 1. The Hall–Kier alpha value is -0.770. The lowest BCUT2D eigenvalue weighted by molar-refractivity contribution is 0.198. The Morgan fingerprint density at radius 3 is 3.06 bits per heavy atom. The summed E-state index contributed by atoms with van der Waals surface area (Å²) in [5.41, 5.74) is 7.16. The Morgan fingerprint density at radius 1 is 1.50 bits per heavy atom. The largest absolute Gasteiger partial charge is 0.494 e. The van der Waals surface area contributed by atoms with Crippen molar-refractivity contribution in [2.75, 3.05) is 19.7 Å². The first kappa shape index (κ1) is 13.7. The molecule has 3 nitrogen and oxygen atoms in total. The molecule has 1 heterocycles. The van der Waals surface area contributed by atoms with E-state index in [0.717, 1.165) is 42.4 Å². The van der Waals surface area contributed by atoms with Gasteiger partial charge in [0.15, 0.2) is 0 Å². The van der Waals surface area contributed by atoms with Gasteiger partial charge in [0.25, 0.3) is 0 Å². The highest BCUT2D eigenvalue weighted by atomic mass is 35.5. The molecule has 1 aliphatic rings. The number of ether oxygens (including phenoxy) is 1. The highest BCUT2D eigenvalue weighted by Crippen LogP contribution is 2.25. The highest BCUT2D eigenvalue weighted by molar-refractivity contribution is 6.30. The van der Waals surface area contributed by atoms with Crippen LogP contribution in [0.1, 0.15) is 25.3 Å². The first-order valence-corrected chi connectivity index (χ1v) is 6.96. The predicted octanol–water partition coefficient (Wildman–Crippen LogP) is 2.66. The third kappa shape index (κ3) is 3.61. The molecule has 0 saturated carbocycles. The normalized spacial score (nSPS) is 20.9. The SMILES string of the molecule is CCOc1ccc(Cl)cc1CN1CCC[C@H](N)C1. The lowest BCUT2D eigenvalue weighted by Gasteiger charge is -2.31. The summed E-state index contributed by atoms with van der Waals surface area (Å²) in [5, 5.41) is 0.759. The van der Waals surface area contributed by atoms with Crippen LogP contribution in [0.2, 0.25) is 5.02 Å². The zero-order chi connectivity index (χ0) is 13.0. The van der Waals surface area contributed by atoms with Crippen LogP contribution < -0.4 is 10.5 Å². The molecule has 0 unspecified atom stereocenters. The van der Waals surface area contributed by atoms with Gasteiger partial charge in [0.2, 0.25) is 0 Å². The van der Waals surface area contributed by atoms with Gasteiger partial charge in [-0.1, -0.05) is 11.6 Å². The molecule has 1 fully saturated rings. The quantitative estimate of drug-likeness (QED) is 0.912. The van der Waals surface area contributed by atoms with Gasteiger partial charge in [-0.15, -0.1) is 0 Å². The Bertz CT molecular complexity index is 397. The number of nitrogens with zero attached hydrogens (tertiary/aromatic N) is 1. The Morgan fingerprint density at radius 2 is 2.33 bits per heavy atom. The van der Waals surface area contributed by atoms with Crippen molar-refractivity contribution >= 4 is 11.6 Å². The summed E-state index contributed by atoms with van der Waals surface area (Å²) in [4.78, 5) is 2.38. The molecule has 1 aromatic carbocycles. The third-order valence-electron chi connectivity index (χ3n) is 3.26. The molecule has 100 valence electrons. The molecule has 4 heteroatoms. The maximum Gasteiger partial charge on any atom is 0.123 e. The molecule has 0 radical (unpaired) electrons. The average Bonchev–Trinajstić information content (AvgIpc) is 2.33. The van der Waals surface area contributed by atoms with Gasteiger partial charge in [-0.25, -0.2) is 0 Å². The van der Waals surface area contributed by atoms with E-state index in [4.69, 9.17) is 22.1 Å². The number of nitrogens with two attached hydrogens (primary N) is 1. The van der Waals surface area contributed by atoms with E-state index >= 15 is 0 Å². The molecule has 0 amide bonds. The van der Waals surface area contributed by atoms with Gasteiger partial charge in [-0.05, 0) is 44.5 Å². The van der Waals surface area contributed by atoms with Crippen LogP contribution >= 0.6 is 11.6 Å². The molecule has 0 aliphatic carbocycles. The summed E-state index contributed by atoms with van der Waals surface area (Å²) in [6.45, 7) is 5.59. The van der Waals surface area contributed by atoms with Gasteiger partial charge in [0.05, 0.1) is 6.61 Å². The topological polar surface area (TPSA) is 38.5 Å². The minimum absolute atomic E-state index is 0.300. The number of likely N-dealkylation sites (tertiary alicyclic amines) is 1. The summed E-state index contributed by atoms with van der Waals surface area (Å²) in [7, 11) is 0. The van der Waals surface area contributed by atoms with Gasteiger partial charge in [0, 0.05) is 29.7 Å². The van der Waals surface area contributed by atoms with Crippen LogP contribution in [0.3, 0.4) is 0 Å². The Balaban J connectivity index is 2.08. The molecule has 1 aromatic rings. The number of hydrogen-bond acceptors (Lipinski definition) is 3. The summed E-state index contributed by atoms with van der Waals surface area (Å²) in [6, 6.07) is 6.11. The van der Waals surface area contributed by atoms with Crippen LogP contribution in [0.15, 0.2) is 18.2 Å². The summed E-state index contributed by atoms with van der Waals surface area (Å²) in [5.74, 6) is 0.932. The van der Waals surface area contributed by atoms with Crippen molar-refractivity contribution < 1.29 is 4.74 Å². The molecule has 1 saturated heterocycles. The second-order valence-electron chi connectivity index (χ2n) is 4.82. The van der Waals surface area contributed by atoms with E-state index < -0.39 is 0 Å². The minimum atomic E-state index is 0.300. The van der Waals surface area contributed by atoms with E-state index in [1.54, 1.807) is 0 Å². The molecular formula is C14H21ClN2O. The zero-order valence-electron chi connectivity index (χ0n) is 10.9. The number of halogens is 1. The smallest absolute Gasteiger partial charge is 0.123 e. The number of hydrogen-bond donors (Lipinski definition) is 1. The molecule has 1 aliphatic heterocycles. The fourth-order valence-corrected chi connectivity index (χ4v) is 2.64. The number of rotatable bonds is 4. The maximum absolute atomic E-state index is 6.06. The van der Waals surface area contributed by atoms with Crippen molar-refractivity contribution in [3.63, 3.8) is 0 Å². The monoisotopic (exact) mass is 268 g/mol. The van der Waals surface area contributed by atoms with Crippen LogP contribution in [0, 0.1) is 0 Å². The second-order valence-corrected chi connectivity index (χ2v) is 5.26. The number of piperidine rings is 1. The maximum atomic E-state index is 6.06. The van der Waals surface area contributed by atoms with Crippen molar-refractivity contribution in [3.05, 3.63) is 28.8 Å². The van der Waals surface area contributed by atoms with Crippen LogP contribution in [0.25, 0.3) is 0 Å². The van der Waals surface area contributed by atoms with Gasteiger partial charge in [-0.2, -0.15) is 0 Å². The standard InChI is InChI=1S/C14H21ClN2O/c1-2-18-14-6-5-12(15)8-11(14)9-17-7-3-4-13(16)10-17/h5-6,8,13H,2-4,7,9-10,16H2,1H3/t13-/m0/s1. The Kier molecular flexibility index (Phi) is 4.87. The molecule has 0 aromatic heterocycles. The lowest BCUT2D eigenvalue weighted by Crippen LogP contribution is -2.42. The van der Waals surface area contributed by atoms with E-state index in [9.17, 15) is 0 Å². The predicted molar refractivity (Wildman–Crippen MR) is 75.1 cm³/mol. The first-order valence-electron chi connectivity index (χ1n) is 6.58. The van der Waals surface area contributed by atoms with E-state index in [1.807, 2.05) is 25.1 Å². The second kappa shape index (κ2) is 6.41. The summed E-state index contributed by atoms with van der Waals surface area (Å²) < 4.78 is 5.64. The van der Waals surface area contributed by atoms with Crippen LogP contribution in [0.5, 0.6) is 5.75 Å². The van der Waals surface area contributed by atoms with Crippen molar-refractivity contribution in [1.82, 2.24) is 4.90 Å². The molecule has 2 rings (SSSR count). The van der Waals surface area contributed by atoms with Crippen molar-refractivity contribution in [2.24, 2.45) is 5.73 Å². The molecule has 2 N–H and O–H groups in total. The lowest BCUT2D eigenvalue weighted by atomic mass is 10.1. The van der Waals surface area contributed by atoms with Crippen LogP contribution in [0.4, 0.5) is 0 Å². The Labute approximate surface area is 114 Å². The summed E-state index contributed by atoms with van der Waals surface area (Å²) in [6.07, 6.45) is 2.30. The van der Waals surface area contributed by atoms with Crippen LogP contribution in [-0.2, 0) is 6.54 Å². The molecular weight excluding hydrogens is 248 g/mol. The minimum Gasteiger partial charge on any atom is -0.494 e. The van der Waals surface area contributed by atoms with Gasteiger partial charge >= 0.3 is 0 Å². The molecule has 1 atom stereocenters. The zero-order valence-corrected chi connectivity index (χ0v) is 11.6. The van der Waals surface area contributed by atoms with Crippen molar-refractivity contribution in [2.45, 2.75) is 32.4 Å². The first-order chi connectivity index (χ1) is 8.69.